The summed E-state index contributed by atoms with van der Waals surface area (Å²) in [5, 5.41) is 45.0. The third-order valence-electron chi connectivity index (χ3n) is 8.66. The number of nitrogens with zero attached hydrogens (tertiary/aromatic N) is 1. The number of hydrogen-bond acceptors (Lipinski definition) is 10. The van der Waals surface area contributed by atoms with Crippen molar-refractivity contribution in [3.8, 4) is 5.75 Å². The lowest BCUT2D eigenvalue weighted by Gasteiger charge is -2.54. The van der Waals surface area contributed by atoms with Crippen molar-refractivity contribution in [2.45, 2.75) is 49.9 Å². The molecule has 38 heavy (non-hydrogen) atoms. The Morgan fingerprint density at radius 2 is 1.79 bits per heavy atom. The lowest BCUT2D eigenvalue weighted by atomic mass is 9.54. The number of fused-ring (bicyclic) bond motifs is 3. The molecule has 2 saturated carbocycles. The lowest BCUT2D eigenvalue weighted by molar-refractivity contribution is -0.189. The molecule has 2 fully saturated rings. The number of hydrogen-bond donors (Lipinski definition) is 5. The highest BCUT2D eigenvalue weighted by molar-refractivity contribution is 6.24. The van der Waals surface area contributed by atoms with Gasteiger partial charge in [0.25, 0.3) is 5.91 Å². The molecule has 0 spiro atoms. The van der Waals surface area contributed by atoms with Gasteiger partial charge in [0.2, 0.25) is 5.78 Å². The van der Waals surface area contributed by atoms with E-state index < -0.39 is 82.0 Å². The Hall–Kier alpha value is -3.70. The van der Waals surface area contributed by atoms with Crippen molar-refractivity contribution in [2.24, 2.45) is 23.5 Å². The average molecular weight is 527 g/mol. The second-order valence-corrected chi connectivity index (χ2v) is 10.8. The summed E-state index contributed by atoms with van der Waals surface area (Å²) in [5.41, 5.74) is 1.58. The van der Waals surface area contributed by atoms with Crippen LogP contribution in [0.4, 0.5) is 0 Å². The number of benzene rings is 1. The van der Waals surface area contributed by atoms with Crippen molar-refractivity contribution < 1.29 is 44.3 Å². The molecule has 0 unspecified atom stereocenters. The van der Waals surface area contributed by atoms with Crippen molar-refractivity contribution in [1.29, 1.82) is 0 Å². The second kappa shape index (κ2) is 8.67. The third-order valence-corrected chi connectivity index (χ3v) is 8.66. The van der Waals surface area contributed by atoms with Gasteiger partial charge in [0.15, 0.2) is 11.4 Å². The molecule has 0 radical (unpaired) electrons. The molecule has 6 N–H and O–H groups in total. The number of phenols is 1. The Balaban J connectivity index is 1.82. The summed E-state index contributed by atoms with van der Waals surface area (Å²) in [6.45, 7) is 1.72. The van der Waals surface area contributed by atoms with Crippen LogP contribution in [0.5, 0.6) is 5.75 Å². The van der Waals surface area contributed by atoms with Gasteiger partial charge in [-0.05, 0) is 44.5 Å². The van der Waals surface area contributed by atoms with Gasteiger partial charge in [0.05, 0.1) is 23.4 Å². The van der Waals surface area contributed by atoms with Crippen LogP contribution in [0.3, 0.4) is 0 Å². The Bertz CT molecular complexity index is 1340. The molecule has 6 atom stereocenters. The molecular weight excluding hydrogens is 496 g/mol. The predicted octanol–water partition coefficient (Wildman–Crippen LogP) is 0.847. The Morgan fingerprint density at radius 3 is 2.34 bits per heavy atom. The van der Waals surface area contributed by atoms with Crippen LogP contribution in [0.1, 0.15) is 43.2 Å². The van der Waals surface area contributed by atoms with E-state index >= 15 is 0 Å². The number of nitrogens with two attached hydrogens (primary N) is 1. The topological polar surface area (TPSA) is 188 Å². The zero-order valence-electron chi connectivity index (χ0n) is 21.2. The minimum absolute atomic E-state index is 0.0274. The van der Waals surface area contributed by atoms with Crippen LogP contribution in [0.2, 0.25) is 0 Å². The van der Waals surface area contributed by atoms with Gasteiger partial charge in [0.1, 0.15) is 28.9 Å². The maximum atomic E-state index is 14.1. The third kappa shape index (κ3) is 3.27. The summed E-state index contributed by atoms with van der Waals surface area (Å²) < 4.78 is 6.00. The van der Waals surface area contributed by atoms with Crippen LogP contribution in [0.25, 0.3) is 5.76 Å². The number of primary amides is 1. The molecule has 5 rings (SSSR count). The van der Waals surface area contributed by atoms with Crippen LogP contribution < -0.4 is 5.73 Å². The van der Waals surface area contributed by atoms with Crippen molar-refractivity contribution in [1.82, 2.24) is 4.90 Å². The van der Waals surface area contributed by atoms with Crippen molar-refractivity contribution in [3.63, 3.8) is 0 Å². The number of likely N-dealkylation sites (N-methyl/N-ethyl adjacent to an activating group) is 1. The fourth-order valence-electron chi connectivity index (χ4n) is 6.56. The van der Waals surface area contributed by atoms with Crippen LogP contribution >= 0.6 is 0 Å². The maximum absolute atomic E-state index is 14.1. The number of phenolic OH excluding ortho intramolecular Hbond substituents is 1. The second-order valence-electron chi connectivity index (χ2n) is 10.8. The zero-order valence-corrected chi connectivity index (χ0v) is 21.2. The highest BCUT2D eigenvalue weighted by Crippen LogP contribution is 2.57. The number of ether oxygens (including phenoxy) is 1. The Kier molecular flexibility index (Phi) is 5.92. The Labute approximate surface area is 218 Å². The molecule has 0 aliphatic heterocycles. The smallest absolute Gasteiger partial charge is 0.309 e. The lowest BCUT2D eigenvalue weighted by Crippen LogP contribution is -2.71. The number of rotatable bonds is 4. The summed E-state index contributed by atoms with van der Waals surface area (Å²) in [4.78, 5) is 54.4. The molecule has 1 aromatic rings. The van der Waals surface area contributed by atoms with Gasteiger partial charge in [-0.3, -0.25) is 24.1 Å². The highest BCUT2D eigenvalue weighted by atomic mass is 16.5. The van der Waals surface area contributed by atoms with Gasteiger partial charge in [0, 0.05) is 11.5 Å². The molecular formula is C27H30N2O9. The SMILES string of the molecule is C[C@@H]1c2cccc(O)c2C(O)=C2C(=O)[C@]3(O)C(O)=C(C(N)=O)C(=O)[C@@H](N(C)C)[C@@H]3[C@@H](OC(=O)C3CCC3)[C@@H]21. The first-order valence-electron chi connectivity index (χ1n) is 12.5. The standard InChI is InChI=1S/C27H30N2O9/c1-10-12-8-5-9-13(30)15(12)20(31)16-14(10)22(38-26(36)11-6-4-7-11)18-19(29(2)3)21(32)17(25(28)35)24(34)27(18,37)23(16)33/h5,8-11,14,18-19,22,30-31,34,37H,4,6-7H2,1-3H3,(H2,28,35)/t10-,14-,18-,19+,22+,27+/m1/s1. The predicted molar refractivity (Wildman–Crippen MR) is 132 cm³/mol. The van der Waals surface area contributed by atoms with Crippen molar-refractivity contribution in [3.05, 3.63) is 46.2 Å². The molecule has 4 aliphatic carbocycles. The molecule has 0 bridgehead atoms. The van der Waals surface area contributed by atoms with Crippen LogP contribution in [0.15, 0.2) is 35.1 Å². The fourth-order valence-corrected chi connectivity index (χ4v) is 6.56. The Morgan fingerprint density at radius 1 is 1.13 bits per heavy atom. The number of amides is 1. The van der Waals surface area contributed by atoms with E-state index in [1.165, 1.54) is 25.1 Å². The summed E-state index contributed by atoms with van der Waals surface area (Å²) in [7, 11) is 2.97. The minimum atomic E-state index is -2.93. The number of carbonyl (C=O) groups excluding carboxylic acids is 4. The molecule has 1 aromatic carbocycles. The molecule has 202 valence electrons. The van der Waals surface area contributed by atoms with Gasteiger partial charge >= 0.3 is 5.97 Å². The van der Waals surface area contributed by atoms with Crippen molar-refractivity contribution in [2.75, 3.05) is 14.1 Å². The van der Waals surface area contributed by atoms with E-state index in [-0.39, 0.29) is 16.9 Å². The quantitative estimate of drug-likeness (QED) is 0.278. The number of aliphatic hydroxyl groups is 3. The van der Waals surface area contributed by atoms with E-state index in [9.17, 15) is 39.6 Å². The van der Waals surface area contributed by atoms with Crippen LogP contribution in [-0.2, 0) is 23.9 Å². The number of esters is 1. The molecule has 4 aliphatic rings. The minimum Gasteiger partial charge on any atom is -0.508 e. The van der Waals surface area contributed by atoms with E-state index in [1.54, 1.807) is 19.1 Å². The normalized spacial score (nSPS) is 32.9. The summed E-state index contributed by atoms with van der Waals surface area (Å²) in [5.74, 6) is -9.83. The fraction of sp³-hybridized carbons (Fsp3) is 0.481. The van der Waals surface area contributed by atoms with Crippen molar-refractivity contribution >= 4 is 29.2 Å². The van der Waals surface area contributed by atoms with E-state index in [2.05, 4.69) is 0 Å². The highest BCUT2D eigenvalue weighted by Gasteiger charge is 2.69. The molecule has 11 nitrogen and oxygen atoms in total. The van der Waals surface area contributed by atoms with E-state index in [1.807, 2.05) is 0 Å². The van der Waals surface area contributed by atoms with Gasteiger partial charge in [-0.15, -0.1) is 0 Å². The molecule has 0 saturated heterocycles. The van der Waals surface area contributed by atoms with Gasteiger partial charge in [-0.2, -0.15) is 0 Å². The number of Topliss-reactive ketones (excluding diaryl/α,β-unsaturated/α-hetero) is 2. The number of carbonyl (C=O) groups is 4. The zero-order chi connectivity index (χ0) is 27.8. The monoisotopic (exact) mass is 526 g/mol. The largest absolute Gasteiger partial charge is 0.508 e. The number of ketones is 2. The van der Waals surface area contributed by atoms with E-state index in [0.29, 0.717) is 18.4 Å². The molecule has 1 amide bonds. The van der Waals surface area contributed by atoms with Crippen LogP contribution in [0, 0.1) is 17.8 Å². The van der Waals surface area contributed by atoms with Gasteiger partial charge in [-0.25, -0.2) is 0 Å². The van der Waals surface area contributed by atoms with Gasteiger partial charge < -0.3 is 30.9 Å². The van der Waals surface area contributed by atoms with Gasteiger partial charge in [-0.1, -0.05) is 25.5 Å². The summed E-state index contributed by atoms with van der Waals surface area (Å²) in [6.07, 6.45) is 0.648. The average Bonchev–Trinajstić information content (AvgIpc) is 2.79. The molecule has 11 heteroatoms. The number of aliphatic hydroxyl groups excluding tert-OH is 2. The van der Waals surface area contributed by atoms with Crippen LogP contribution in [-0.4, -0.2) is 80.6 Å². The summed E-state index contributed by atoms with van der Waals surface area (Å²) in [6, 6.07) is 3.16. The van der Waals surface area contributed by atoms with E-state index in [4.69, 9.17) is 10.5 Å². The first-order valence-corrected chi connectivity index (χ1v) is 12.5. The molecule has 0 heterocycles. The number of aromatic hydroxyl groups is 1. The maximum Gasteiger partial charge on any atom is 0.309 e. The first kappa shape index (κ1) is 25.9. The molecule has 0 aromatic heterocycles. The summed E-state index contributed by atoms with van der Waals surface area (Å²) >= 11 is 0. The van der Waals surface area contributed by atoms with E-state index in [0.717, 1.165) is 6.42 Å². The first-order chi connectivity index (χ1) is 17.8.